The van der Waals surface area contributed by atoms with E-state index in [1.165, 1.54) is 11.1 Å². The van der Waals surface area contributed by atoms with Crippen LogP contribution in [0.2, 0.25) is 0 Å². The molecular weight excluding hydrogens is 352 g/mol. The third-order valence-electron chi connectivity index (χ3n) is 5.48. The maximum absolute atomic E-state index is 12.6. The highest BCUT2D eigenvalue weighted by atomic mass is 16.5. The van der Waals surface area contributed by atoms with E-state index in [4.69, 9.17) is 4.74 Å². The van der Waals surface area contributed by atoms with E-state index >= 15 is 0 Å². The number of fused-ring (bicyclic) bond motifs is 1. The Hall–Kier alpha value is -2.53. The van der Waals surface area contributed by atoms with Crippen molar-refractivity contribution in [3.8, 4) is 5.75 Å². The van der Waals surface area contributed by atoms with Gasteiger partial charge in [-0.05, 0) is 44.4 Å². The predicted octanol–water partition coefficient (Wildman–Crippen LogP) is 3.73. The molecule has 5 nitrogen and oxygen atoms in total. The van der Waals surface area contributed by atoms with Gasteiger partial charge in [0, 0.05) is 43.5 Å². The van der Waals surface area contributed by atoms with Crippen LogP contribution >= 0.6 is 0 Å². The Morgan fingerprint density at radius 2 is 1.86 bits per heavy atom. The van der Waals surface area contributed by atoms with Crippen molar-refractivity contribution in [1.82, 2.24) is 4.90 Å². The molecule has 1 aliphatic rings. The highest BCUT2D eigenvalue weighted by Crippen LogP contribution is 2.30. The number of benzene rings is 2. The van der Waals surface area contributed by atoms with Crippen molar-refractivity contribution in [1.29, 1.82) is 0 Å². The molecule has 5 heteroatoms. The highest BCUT2D eigenvalue weighted by Gasteiger charge is 2.32. The number of rotatable bonds is 7. The van der Waals surface area contributed by atoms with Gasteiger partial charge in [-0.25, -0.2) is 0 Å². The molecule has 1 heterocycles. The fourth-order valence-electron chi connectivity index (χ4n) is 3.90. The number of ether oxygens (including phenoxy) is 1. The minimum Gasteiger partial charge on any atom is -0.508 e. The molecule has 0 fully saturated rings. The molecule has 1 aliphatic heterocycles. The molecule has 28 heavy (non-hydrogen) atoms. The average Bonchev–Trinajstić information content (AvgIpc) is 2.70. The number of carbonyl (C=O) groups excluding carboxylic acids is 1. The zero-order valence-electron chi connectivity index (χ0n) is 17.0. The van der Waals surface area contributed by atoms with E-state index in [9.17, 15) is 9.90 Å². The fraction of sp³-hybridized carbons (Fsp3) is 0.435. The molecule has 1 N–H and O–H groups in total. The standard InChI is InChI=1S/C23H30N2O3/c1-4-24(5-2)20-12-11-19(22(26)14-20)16-25-15-18-10-8-7-9-17(18)13-21(25)23(27)28-6-3/h7-12,14,21,26H,4-6,13,15-16H2,1-3H3. The topological polar surface area (TPSA) is 53.0 Å². The number of aromatic hydroxyl groups is 1. The van der Waals surface area contributed by atoms with Crippen LogP contribution in [0.1, 0.15) is 37.5 Å². The lowest BCUT2D eigenvalue weighted by molar-refractivity contribution is -0.150. The van der Waals surface area contributed by atoms with Gasteiger partial charge in [-0.15, -0.1) is 0 Å². The van der Waals surface area contributed by atoms with Gasteiger partial charge in [0.15, 0.2) is 0 Å². The van der Waals surface area contributed by atoms with Crippen LogP contribution in [-0.4, -0.2) is 41.7 Å². The van der Waals surface area contributed by atoms with Crippen LogP contribution in [0.4, 0.5) is 5.69 Å². The summed E-state index contributed by atoms with van der Waals surface area (Å²) in [5, 5.41) is 10.6. The quantitative estimate of drug-likeness (QED) is 0.740. The Bertz CT molecular complexity index is 817. The Balaban J connectivity index is 1.85. The summed E-state index contributed by atoms with van der Waals surface area (Å²) in [5.74, 6) is 0.0714. The molecule has 2 aromatic rings. The second-order valence-corrected chi connectivity index (χ2v) is 7.13. The number of anilines is 1. The Kier molecular flexibility index (Phi) is 6.57. The molecule has 0 saturated carbocycles. The maximum Gasteiger partial charge on any atom is 0.323 e. The molecule has 1 unspecified atom stereocenters. The van der Waals surface area contributed by atoms with Crippen LogP contribution in [0.5, 0.6) is 5.75 Å². The van der Waals surface area contributed by atoms with Crippen molar-refractivity contribution < 1.29 is 14.6 Å². The van der Waals surface area contributed by atoms with Gasteiger partial charge in [0.05, 0.1) is 6.61 Å². The van der Waals surface area contributed by atoms with Crippen molar-refractivity contribution >= 4 is 11.7 Å². The molecule has 0 bridgehead atoms. The van der Waals surface area contributed by atoms with Crippen LogP contribution in [-0.2, 0) is 29.0 Å². The van der Waals surface area contributed by atoms with Crippen LogP contribution in [0.15, 0.2) is 42.5 Å². The van der Waals surface area contributed by atoms with Gasteiger partial charge in [-0.2, -0.15) is 0 Å². The van der Waals surface area contributed by atoms with Crippen LogP contribution in [0.25, 0.3) is 0 Å². The number of nitrogens with zero attached hydrogens (tertiary/aromatic N) is 2. The maximum atomic E-state index is 12.6. The van der Waals surface area contributed by atoms with E-state index < -0.39 is 0 Å². The van der Waals surface area contributed by atoms with Crippen molar-refractivity contribution in [2.45, 2.75) is 46.3 Å². The molecule has 0 amide bonds. The molecule has 0 spiro atoms. The smallest absolute Gasteiger partial charge is 0.323 e. The number of esters is 1. The van der Waals surface area contributed by atoms with Gasteiger partial charge in [-0.3, -0.25) is 9.69 Å². The van der Waals surface area contributed by atoms with Crippen LogP contribution in [0.3, 0.4) is 0 Å². The van der Waals surface area contributed by atoms with Gasteiger partial charge in [0.25, 0.3) is 0 Å². The lowest BCUT2D eigenvalue weighted by atomic mass is 9.93. The van der Waals surface area contributed by atoms with E-state index in [1.54, 1.807) is 0 Å². The van der Waals surface area contributed by atoms with E-state index in [0.29, 0.717) is 26.1 Å². The zero-order valence-corrected chi connectivity index (χ0v) is 17.0. The van der Waals surface area contributed by atoms with Crippen molar-refractivity contribution in [3.05, 3.63) is 59.2 Å². The third kappa shape index (κ3) is 4.30. The summed E-state index contributed by atoms with van der Waals surface area (Å²) in [6, 6.07) is 13.7. The first-order valence-corrected chi connectivity index (χ1v) is 10.1. The number of hydrogen-bond acceptors (Lipinski definition) is 5. The van der Waals surface area contributed by atoms with E-state index in [1.807, 2.05) is 37.3 Å². The summed E-state index contributed by atoms with van der Waals surface area (Å²) >= 11 is 0. The summed E-state index contributed by atoms with van der Waals surface area (Å²) in [7, 11) is 0. The Labute approximate surface area is 167 Å². The summed E-state index contributed by atoms with van der Waals surface area (Å²) in [4.78, 5) is 16.9. The predicted molar refractivity (Wildman–Crippen MR) is 111 cm³/mol. The molecule has 3 rings (SSSR count). The fourth-order valence-corrected chi connectivity index (χ4v) is 3.90. The average molecular weight is 383 g/mol. The highest BCUT2D eigenvalue weighted by molar-refractivity contribution is 5.76. The second kappa shape index (κ2) is 9.11. The molecule has 1 atom stereocenters. The Morgan fingerprint density at radius 1 is 1.14 bits per heavy atom. The van der Waals surface area contributed by atoms with Crippen LogP contribution in [0, 0.1) is 0 Å². The minimum absolute atomic E-state index is 0.198. The zero-order chi connectivity index (χ0) is 20.1. The van der Waals surface area contributed by atoms with Gasteiger partial charge in [0.2, 0.25) is 0 Å². The lowest BCUT2D eigenvalue weighted by Gasteiger charge is -2.35. The third-order valence-corrected chi connectivity index (χ3v) is 5.48. The Morgan fingerprint density at radius 3 is 2.50 bits per heavy atom. The lowest BCUT2D eigenvalue weighted by Crippen LogP contribution is -2.45. The van der Waals surface area contributed by atoms with E-state index in [0.717, 1.165) is 24.3 Å². The molecule has 0 radical (unpaired) electrons. The molecule has 150 valence electrons. The summed E-state index contributed by atoms with van der Waals surface area (Å²) in [5.41, 5.74) is 4.25. The summed E-state index contributed by atoms with van der Waals surface area (Å²) < 4.78 is 5.32. The molecule has 0 saturated heterocycles. The second-order valence-electron chi connectivity index (χ2n) is 7.13. The molecular formula is C23H30N2O3. The summed E-state index contributed by atoms with van der Waals surface area (Å²) in [6.07, 6.45) is 0.632. The molecule has 0 aliphatic carbocycles. The number of hydrogen-bond donors (Lipinski definition) is 1. The first kappa shape index (κ1) is 20.2. The van der Waals surface area contributed by atoms with Crippen molar-refractivity contribution in [2.24, 2.45) is 0 Å². The van der Waals surface area contributed by atoms with E-state index in [2.05, 4.69) is 35.8 Å². The largest absolute Gasteiger partial charge is 0.508 e. The molecule has 2 aromatic carbocycles. The monoisotopic (exact) mass is 382 g/mol. The number of carbonyl (C=O) groups is 1. The normalized spacial score (nSPS) is 16.5. The summed E-state index contributed by atoms with van der Waals surface area (Å²) in [6.45, 7) is 9.35. The van der Waals surface area contributed by atoms with Crippen molar-refractivity contribution in [3.63, 3.8) is 0 Å². The minimum atomic E-state index is -0.336. The van der Waals surface area contributed by atoms with Gasteiger partial charge < -0.3 is 14.7 Å². The van der Waals surface area contributed by atoms with E-state index in [-0.39, 0.29) is 17.8 Å². The van der Waals surface area contributed by atoms with Crippen LogP contribution < -0.4 is 4.90 Å². The molecule has 0 aromatic heterocycles. The first-order valence-electron chi connectivity index (χ1n) is 10.1. The van der Waals surface area contributed by atoms with Gasteiger partial charge in [0.1, 0.15) is 11.8 Å². The number of phenolic OH excluding ortho intramolecular Hbond substituents is 1. The van der Waals surface area contributed by atoms with Gasteiger partial charge >= 0.3 is 5.97 Å². The first-order chi connectivity index (χ1) is 13.6. The number of phenols is 1. The van der Waals surface area contributed by atoms with Gasteiger partial charge in [-0.1, -0.05) is 30.3 Å². The SMILES string of the molecule is CCOC(=O)C1Cc2ccccc2CN1Cc1ccc(N(CC)CC)cc1O. The van der Waals surface area contributed by atoms with Crippen molar-refractivity contribution in [2.75, 3.05) is 24.6 Å².